The minimum Gasteiger partial charge on any atom is -0.0682 e. The van der Waals surface area contributed by atoms with Gasteiger partial charge in [-0.3, -0.25) is 0 Å². The van der Waals surface area contributed by atoms with Crippen LogP contribution in [-0.4, -0.2) is 13.4 Å². The van der Waals surface area contributed by atoms with E-state index in [1.807, 2.05) is 0 Å². The molecular formula is C65H44B2. The van der Waals surface area contributed by atoms with Crippen LogP contribution in [0.25, 0.3) is 54.2 Å². The third kappa shape index (κ3) is 6.24. The Labute approximate surface area is 393 Å². The lowest BCUT2D eigenvalue weighted by Gasteiger charge is -2.35. The van der Waals surface area contributed by atoms with Crippen LogP contribution in [0.2, 0.25) is 0 Å². The average molecular weight is 847 g/mol. The highest BCUT2D eigenvalue weighted by atomic mass is 14.5. The molecule has 12 aromatic rings. The Morgan fingerprint density at radius 3 is 0.851 bits per heavy atom. The number of fused-ring (bicyclic) bond motifs is 7. The molecular weight excluding hydrogens is 802 g/mol. The Morgan fingerprint density at radius 2 is 0.522 bits per heavy atom. The van der Waals surface area contributed by atoms with E-state index in [9.17, 15) is 0 Å². The number of hydrogen-bond donors (Lipinski definition) is 0. The zero-order valence-corrected chi connectivity index (χ0v) is 37.1. The van der Waals surface area contributed by atoms with Gasteiger partial charge < -0.3 is 0 Å². The van der Waals surface area contributed by atoms with Gasteiger partial charge in [0.1, 0.15) is 0 Å². The van der Waals surface area contributed by atoms with Gasteiger partial charge in [-0.15, -0.1) is 0 Å². The van der Waals surface area contributed by atoms with Gasteiger partial charge in [0.05, 0.1) is 5.41 Å². The van der Waals surface area contributed by atoms with Crippen LogP contribution in [0, 0.1) is 0 Å². The van der Waals surface area contributed by atoms with Crippen molar-refractivity contribution >= 4 is 89.3 Å². The van der Waals surface area contributed by atoms with Crippen molar-refractivity contribution in [1.82, 2.24) is 0 Å². The van der Waals surface area contributed by atoms with Gasteiger partial charge >= 0.3 is 0 Å². The molecule has 310 valence electrons. The largest absolute Gasteiger partial charge is 0.242 e. The molecule has 2 heteroatoms. The van der Waals surface area contributed by atoms with Crippen molar-refractivity contribution in [3.63, 3.8) is 0 Å². The molecule has 0 bridgehead atoms. The summed E-state index contributed by atoms with van der Waals surface area (Å²) in [5.74, 6) is 0. The van der Waals surface area contributed by atoms with Gasteiger partial charge in [-0.05, 0) is 76.5 Å². The molecule has 0 heterocycles. The second kappa shape index (κ2) is 16.1. The van der Waals surface area contributed by atoms with E-state index in [1.165, 1.54) is 109 Å². The van der Waals surface area contributed by atoms with E-state index in [2.05, 4.69) is 267 Å². The number of benzene rings is 12. The summed E-state index contributed by atoms with van der Waals surface area (Å²) in [6.45, 7) is -0.0683. The van der Waals surface area contributed by atoms with Gasteiger partial charge in [0.15, 0.2) is 0 Å². The van der Waals surface area contributed by atoms with Crippen molar-refractivity contribution in [3.05, 3.63) is 289 Å². The molecule has 0 N–H and O–H groups in total. The minimum atomic E-state index is -0.622. The van der Waals surface area contributed by atoms with E-state index in [0.717, 1.165) is 0 Å². The Balaban J connectivity index is 1.11. The number of rotatable bonds is 8. The van der Waals surface area contributed by atoms with Crippen LogP contribution in [0.15, 0.2) is 267 Å². The van der Waals surface area contributed by atoms with Gasteiger partial charge in [-0.1, -0.05) is 300 Å². The molecule has 0 saturated carbocycles. The molecule has 0 amide bonds. The third-order valence-corrected chi connectivity index (χ3v) is 14.8. The molecule has 12 aromatic carbocycles. The van der Waals surface area contributed by atoms with Gasteiger partial charge in [0.25, 0.3) is 0 Å². The van der Waals surface area contributed by atoms with Gasteiger partial charge in [-0.2, -0.15) is 0 Å². The average Bonchev–Trinajstić information content (AvgIpc) is 3.69. The first-order chi connectivity index (χ1) is 33.3. The molecule has 67 heavy (non-hydrogen) atoms. The number of hydrogen-bond acceptors (Lipinski definition) is 0. The lowest BCUT2D eigenvalue weighted by Crippen LogP contribution is -2.53. The van der Waals surface area contributed by atoms with E-state index >= 15 is 0 Å². The Kier molecular flexibility index (Phi) is 9.39. The fraction of sp³-hybridized carbons (Fsp3) is 0.0154. The highest BCUT2D eigenvalue weighted by Crippen LogP contribution is 2.55. The molecule has 13 rings (SSSR count). The minimum absolute atomic E-state index is 0.0341. The third-order valence-electron chi connectivity index (χ3n) is 14.8. The molecule has 0 radical (unpaired) electrons. The molecule has 0 fully saturated rings. The Morgan fingerprint density at radius 1 is 0.239 bits per heavy atom. The molecule has 0 aliphatic heterocycles. The lowest BCUT2D eigenvalue weighted by molar-refractivity contribution is 0.770. The van der Waals surface area contributed by atoms with Crippen LogP contribution in [0.4, 0.5) is 0 Å². The molecule has 0 saturated heterocycles. The van der Waals surface area contributed by atoms with E-state index < -0.39 is 5.41 Å². The van der Waals surface area contributed by atoms with E-state index in [4.69, 9.17) is 0 Å². The smallest absolute Gasteiger partial charge is 0.0682 e. The maximum atomic E-state index is 2.58. The van der Waals surface area contributed by atoms with Crippen molar-refractivity contribution < 1.29 is 0 Å². The molecule has 0 spiro atoms. The van der Waals surface area contributed by atoms with E-state index in [1.54, 1.807) is 0 Å². The zero-order valence-electron chi connectivity index (χ0n) is 37.1. The van der Waals surface area contributed by atoms with Crippen molar-refractivity contribution in [2.24, 2.45) is 0 Å². The van der Waals surface area contributed by atoms with E-state index in [0.29, 0.717) is 0 Å². The first-order valence-corrected chi connectivity index (χ1v) is 23.6. The summed E-state index contributed by atoms with van der Waals surface area (Å²) in [4.78, 5) is 0. The maximum absolute atomic E-state index is 2.58. The summed E-state index contributed by atoms with van der Waals surface area (Å²) in [5.41, 5.74) is 14.9. The van der Waals surface area contributed by atoms with Crippen molar-refractivity contribution in [3.8, 4) is 11.1 Å². The summed E-state index contributed by atoms with van der Waals surface area (Å²) in [6.07, 6.45) is 0. The van der Waals surface area contributed by atoms with Crippen LogP contribution in [0.5, 0.6) is 0 Å². The molecule has 1 aliphatic carbocycles. The first kappa shape index (κ1) is 39.2. The fourth-order valence-corrected chi connectivity index (χ4v) is 11.9. The Hall–Kier alpha value is -8.19. The molecule has 1 aliphatic rings. The van der Waals surface area contributed by atoms with Crippen LogP contribution in [0.1, 0.15) is 22.3 Å². The predicted octanol–water partition coefficient (Wildman–Crippen LogP) is 11.7. The summed E-state index contributed by atoms with van der Waals surface area (Å²) in [5, 5.41) is 10.1. The SMILES string of the molecule is c1ccc(C2(c3ccccc3)c3cc(B(c4cccc5ccccc45)c4cccc5ccccc45)ccc3-c3ccc(B(c4cccc5ccccc45)c4cccc5ccccc45)cc32)cc1. The monoisotopic (exact) mass is 846 g/mol. The Bertz CT molecular complexity index is 3400. The molecule has 0 aromatic heterocycles. The highest BCUT2D eigenvalue weighted by Gasteiger charge is 2.47. The van der Waals surface area contributed by atoms with E-state index in [-0.39, 0.29) is 13.4 Å². The summed E-state index contributed by atoms with van der Waals surface area (Å²) < 4.78 is 0. The van der Waals surface area contributed by atoms with Crippen LogP contribution in [-0.2, 0) is 5.41 Å². The summed E-state index contributed by atoms with van der Waals surface area (Å²) in [7, 11) is 0. The molecule has 0 nitrogen and oxygen atoms in total. The van der Waals surface area contributed by atoms with Crippen LogP contribution >= 0.6 is 0 Å². The quantitative estimate of drug-likeness (QED) is 0.134. The van der Waals surface area contributed by atoms with Crippen molar-refractivity contribution in [2.75, 3.05) is 0 Å². The second-order valence-corrected chi connectivity index (χ2v) is 18.2. The second-order valence-electron chi connectivity index (χ2n) is 18.2. The molecule has 0 unspecified atom stereocenters. The molecule has 0 atom stereocenters. The standard InChI is InChI=1S/C65H44B2/c1-3-27-49(28-4-1)65(50-29-5-2-6-30-50)59-43-51(66(61-35-15-23-45-19-7-11-31-53(45)61)62-36-16-24-46-20-8-12-32-54(46)62)39-41-57(59)58-42-40-52(44-60(58)65)67(63-37-17-25-47-21-9-13-33-55(47)63)64-38-18-26-48-22-10-14-34-56(48)64/h1-44H. The summed E-state index contributed by atoms with van der Waals surface area (Å²) in [6, 6.07) is 100. The van der Waals surface area contributed by atoms with Gasteiger partial charge in [-0.25, -0.2) is 0 Å². The van der Waals surface area contributed by atoms with Crippen LogP contribution in [0.3, 0.4) is 0 Å². The first-order valence-electron chi connectivity index (χ1n) is 23.6. The normalized spacial score (nSPS) is 12.6. The fourth-order valence-electron chi connectivity index (χ4n) is 11.9. The highest BCUT2D eigenvalue weighted by molar-refractivity contribution is 6.99. The topological polar surface area (TPSA) is 0 Å². The van der Waals surface area contributed by atoms with Crippen molar-refractivity contribution in [1.29, 1.82) is 0 Å². The predicted molar refractivity (Wildman–Crippen MR) is 289 cm³/mol. The van der Waals surface area contributed by atoms with Gasteiger partial charge in [0, 0.05) is 0 Å². The van der Waals surface area contributed by atoms with Crippen LogP contribution < -0.4 is 32.8 Å². The van der Waals surface area contributed by atoms with Gasteiger partial charge in [0.2, 0.25) is 13.4 Å². The zero-order chi connectivity index (χ0) is 44.3. The lowest BCUT2D eigenvalue weighted by atomic mass is 9.35. The maximum Gasteiger partial charge on any atom is 0.242 e. The van der Waals surface area contributed by atoms with Crippen molar-refractivity contribution in [2.45, 2.75) is 5.41 Å². The summed E-state index contributed by atoms with van der Waals surface area (Å²) >= 11 is 0.